The molecule has 0 saturated heterocycles. The van der Waals surface area contributed by atoms with Gasteiger partial charge in [0.1, 0.15) is 35.6 Å². The van der Waals surface area contributed by atoms with Gasteiger partial charge in [-0.2, -0.15) is 0 Å². The van der Waals surface area contributed by atoms with Crippen molar-refractivity contribution in [2.24, 2.45) is 22.9 Å². The number of amides is 1. The molecule has 15 heteroatoms. The second-order valence-corrected chi connectivity index (χ2v) is 17.8. The molecule has 15 nitrogen and oxygen atoms in total. The Morgan fingerprint density at radius 1 is 0.943 bits per heavy atom. The van der Waals surface area contributed by atoms with E-state index in [1.807, 2.05) is 54.6 Å². The highest BCUT2D eigenvalue weighted by Crippen LogP contribution is 2.62. The second-order valence-electron chi connectivity index (χ2n) is 17.8. The molecule has 2 N–H and O–H groups in total. The van der Waals surface area contributed by atoms with Crippen LogP contribution in [0.5, 0.6) is 23.0 Å². The Kier molecular flexibility index (Phi) is 15.9. The number of carbonyl (C=O) groups is 2. The average molecular weight is 954 g/mol. The Hall–Kier alpha value is -7.07. The number of nitro groups is 1. The van der Waals surface area contributed by atoms with E-state index in [1.165, 1.54) is 26.4 Å². The largest absolute Gasteiger partial charge is 0.496 e. The minimum atomic E-state index is -1.57. The van der Waals surface area contributed by atoms with Crippen LogP contribution in [0, 0.1) is 27.9 Å². The summed E-state index contributed by atoms with van der Waals surface area (Å²) in [6, 6.07) is 29.8. The smallest absolute Gasteiger partial charge is 0.410 e. The van der Waals surface area contributed by atoms with Crippen molar-refractivity contribution in [2.45, 2.75) is 75.8 Å². The van der Waals surface area contributed by atoms with Gasteiger partial charge < -0.3 is 38.7 Å². The Labute approximate surface area is 407 Å². The summed E-state index contributed by atoms with van der Waals surface area (Å²) in [5.74, 6) is -0.832. The van der Waals surface area contributed by atoms with E-state index in [0.29, 0.717) is 65.4 Å². The summed E-state index contributed by atoms with van der Waals surface area (Å²) < 4.78 is 32.1. The Morgan fingerprint density at radius 2 is 1.69 bits per heavy atom. The average Bonchev–Trinajstić information content (AvgIpc) is 3.38. The number of hydrogen-bond donors (Lipinski definition) is 2. The summed E-state index contributed by atoms with van der Waals surface area (Å²) in [7, 11) is 2.85. The highest BCUT2D eigenvalue weighted by atomic mass is 16.7. The lowest BCUT2D eigenvalue weighted by Gasteiger charge is -2.59. The van der Waals surface area contributed by atoms with Crippen LogP contribution in [0.4, 0.5) is 10.5 Å². The monoisotopic (exact) mass is 953 g/mol. The number of methoxy groups -OCH3 is 2. The van der Waals surface area contributed by atoms with Gasteiger partial charge in [-0.25, -0.2) is 4.79 Å². The van der Waals surface area contributed by atoms with Crippen molar-refractivity contribution in [2.75, 3.05) is 34.0 Å². The first-order chi connectivity index (χ1) is 34.2. The van der Waals surface area contributed by atoms with Crippen molar-refractivity contribution in [3.05, 3.63) is 160 Å². The van der Waals surface area contributed by atoms with E-state index >= 15 is 0 Å². The Balaban J connectivity index is 1.34. The Bertz CT molecular complexity index is 2730. The number of aliphatic hydroxyl groups is 2. The minimum absolute atomic E-state index is 0.00326. The molecule has 6 atom stereocenters. The maximum absolute atomic E-state index is 14.6. The number of benzene rings is 5. The molecule has 0 radical (unpaired) electrons. The van der Waals surface area contributed by atoms with E-state index in [2.05, 4.69) is 12.7 Å². The molecule has 1 saturated carbocycles. The molecule has 70 heavy (non-hydrogen) atoms. The summed E-state index contributed by atoms with van der Waals surface area (Å²) >= 11 is 0. The molecule has 366 valence electrons. The molecule has 3 aliphatic rings. The van der Waals surface area contributed by atoms with Crippen LogP contribution in [0.3, 0.4) is 0 Å². The van der Waals surface area contributed by atoms with Crippen LogP contribution >= 0.6 is 0 Å². The molecule has 0 spiro atoms. The fourth-order valence-electron chi connectivity index (χ4n) is 10.6. The molecule has 1 fully saturated rings. The van der Waals surface area contributed by atoms with E-state index in [1.54, 1.807) is 47.4 Å². The minimum Gasteiger partial charge on any atom is -0.496 e. The van der Waals surface area contributed by atoms with Gasteiger partial charge >= 0.3 is 6.09 Å². The molecule has 5 aromatic rings. The molecule has 1 aliphatic heterocycles. The van der Waals surface area contributed by atoms with E-state index in [4.69, 9.17) is 33.7 Å². The number of ether oxygens (including phenoxy) is 5. The van der Waals surface area contributed by atoms with Crippen LogP contribution in [0.25, 0.3) is 10.8 Å². The summed E-state index contributed by atoms with van der Waals surface area (Å²) in [5, 5.41) is 38.4. The molecular formula is C55H59N3O12. The highest BCUT2D eigenvalue weighted by molar-refractivity contribution is 6.03. The zero-order chi connectivity index (χ0) is 49.2. The van der Waals surface area contributed by atoms with Crippen LogP contribution in [-0.4, -0.2) is 84.0 Å². The van der Waals surface area contributed by atoms with Gasteiger partial charge in [0.25, 0.3) is 5.69 Å². The number of fused-ring (bicyclic) bond motifs is 3. The second kappa shape index (κ2) is 22.6. The van der Waals surface area contributed by atoms with Gasteiger partial charge in [-0.1, -0.05) is 72.6 Å². The molecule has 0 aromatic heterocycles. The molecule has 5 aromatic carbocycles. The summed E-state index contributed by atoms with van der Waals surface area (Å²) in [5.41, 5.74) is 4.04. The first-order valence-corrected chi connectivity index (χ1v) is 23.7. The fraction of sp³-hybridized carbons (Fsp3) is 0.364. The number of nitro benzene ring substituents is 1. The number of non-ortho nitro benzene ring substituents is 1. The number of aliphatic hydroxyl groups excluding tert-OH is 2. The number of oxime groups is 1. The predicted molar refractivity (Wildman–Crippen MR) is 263 cm³/mol. The number of allylic oxidation sites excluding steroid dienone is 1. The molecule has 0 bridgehead atoms. The van der Waals surface area contributed by atoms with E-state index in [-0.39, 0.29) is 62.8 Å². The normalized spacial score (nSPS) is 21.6. The zero-order valence-electron chi connectivity index (χ0n) is 39.4. The van der Waals surface area contributed by atoms with Crippen LogP contribution in [0.2, 0.25) is 0 Å². The van der Waals surface area contributed by atoms with Crippen molar-refractivity contribution in [3.63, 3.8) is 0 Å². The van der Waals surface area contributed by atoms with Gasteiger partial charge in [-0.05, 0) is 114 Å². The number of unbranched alkanes of at least 4 members (excludes halogenated alkanes) is 2. The summed E-state index contributed by atoms with van der Waals surface area (Å²) in [6.07, 6.45) is 8.22. The van der Waals surface area contributed by atoms with Crippen LogP contribution in [0.15, 0.2) is 133 Å². The quantitative estimate of drug-likeness (QED) is 0.0220. The molecule has 1 heterocycles. The van der Waals surface area contributed by atoms with Crippen molar-refractivity contribution in [1.82, 2.24) is 4.90 Å². The van der Waals surface area contributed by atoms with Crippen molar-refractivity contribution in [3.8, 4) is 23.0 Å². The van der Waals surface area contributed by atoms with Crippen molar-refractivity contribution >= 4 is 34.6 Å². The van der Waals surface area contributed by atoms with Gasteiger partial charge in [0.15, 0.2) is 6.29 Å². The van der Waals surface area contributed by atoms with Gasteiger partial charge in [-0.15, -0.1) is 6.58 Å². The van der Waals surface area contributed by atoms with Gasteiger partial charge in [0, 0.05) is 43.2 Å². The first kappa shape index (κ1) is 49.4. The lowest BCUT2D eigenvalue weighted by molar-refractivity contribution is -0.384. The SMILES string of the molecule is C=CCO[C@@]12Oc3ccc(Oc4ccc(OC)c(C=O)c4)cc3[C@H]3[C@H](CCCCO)[C@@H](CCCCO)C=C(C(=NOCc4ccc([N+](=O)[O-])cc4)C[C@@H]1N(Cc1cccc4ccccc14)C(=O)OC)[C@H]32. The lowest BCUT2D eigenvalue weighted by Crippen LogP contribution is -2.70. The fourth-order valence-corrected chi connectivity index (χ4v) is 10.6. The topological polar surface area (TPSA) is 189 Å². The highest BCUT2D eigenvalue weighted by Gasteiger charge is 2.65. The van der Waals surface area contributed by atoms with Gasteiger partial charge in [-0.3, -0.25) is 19.8 Å². The van der Waals surface area contributed by atoms with E-state index in [0.717, 1.165) is 46.7 Å². The van der Waals surface area contributed by atoms with E-state index < -0.39 is 28.8 Å². The van der Waals surface area contributed by atoms with Crippen molar-refractivity contribution in [1.29, 1.82) is 0 Å². The lowest BCUT2D eigenvalue weighted by atomic mass is 9.55. The maximum Gasteiger partial charge on any atom is 0.410 e. The van der Waals surface area contributed by atoms with E-state index in [9.17, 15) is 29.9 Å². The number of nitrogens with zero attached hydrogens (tertiary/aromatic N) is 3. The van der Waals surface area contributed by atoms with Gasteiger partial charge in [0.2, 0.25) is 5.79 Å². The van der Waals surface area contributed by atoms with Crippen LogP contribution in [-0.2, 0) is 27.5 Å². The van der Waals surface area contributed by atoms with Crippen molar-refractivity contribution < 1.29 is 53.2 Å². The third-order valence-corrected chi connectivity index (χ3v) is 13.8. The summed E-state index contributed by atoms with van der Waals surface area (Å²) in [6.45, 7) is 4.28. The molecule has 0 unspecified atom stereocenters. The summed E-state index contributed by atoms with van der Waals surface area (Å²) in [4.78, 5) is 45.5. The Morgan fingerprint density at radius 3 is 2.41 bits per heavy atom. The van der Waals surface area contributed by atoms with Gasteiger partial charge in [0.05, 0.1) is 49.5 Å². The first-order valence-electron chi connectivity index (χ1n) is 23.7. The standard InChI is InChI=1S/C55H59N3O12/c1-4-28-67-55-51(57(54(62)66-3)33-39-15-11-14-37-12-5-6-16-44(37)39)32-48(56-68-35-36-18-20-41(21-19-36)58(63)64)46-30-38(13-7-9-26-59)45(17-8-10-27-60)52(53(46)55)47-31-43(23-25-50(47)70-55)69-42-22-24-49(65-2)40(29-42)34-61/h4-6,11-12,14-16,18-25,29-31,34,38,45,51-53,59-60H,1,7-10,13,17,26-28,32-33,35H2,2-3H3/t38-,45+,51-,52+,53+,55+/m0/s1. The zero-order valence-corrected chi connectivity index (χ0v) is 39.4. The number of carbonyl (C=O) groups excluding carboxylic acids is 2. The number of rotatable bonds is 22. The predicted octanol–water partition coefficient (Wildman–Crippen LogP) is 10.5. The number of aldehydes is 1. The number of hydrogen-bond acceptors (Lipinski definition) is 13. The molecule has 8 rings (SSSR count). The van der Waals surface area contributed by atoms with Crippen LogP contribution in [0.1, 0.15) is 77.9 Å². The third-order valence-electron chi connectivity index (χ3n) is 13.8. The molecule has 2 aliphatic carbocycles. The third kappa shape index (κ3) is 10.3. The molecular weight excluding hydrogens is 895 g/mol. The molecule has 1 amide bonds. The van der Waals surface area contributed by atoms with Crippen LogP contribution < -0.4 is 14.2 Å². The maximum atomic E-state index is 14.6.